The zero-order valence-electron chi connectivity index (χ0n) is 20.1. The van der Waals surface area contributed by atoms with Crippen molar-refractivity contribution < 1.29 is 9.59 Å². The van der Waals surface area contributed by atoms with E-state index in [1.165, 1.54) is 6.33 Å². The Hall–Kier alpha value is -4.78. The highest BCUT2D eigenvalue weighted by molar-refractivity contribution is 6.04. The summed E-state index contributed by atoms with van der Waals surface area (Å²) in [7, 11) is 0. The van der Waals surface area contributed by atoms with E-state index in [-0.39, 0.29) is 23.9 Å². The van der Waals surface area contributed by atoms with Crippen LogP contribution in [0.5, 0.6) is 0 Å². The zero-order valence-corrected chi connectivity index (χ0v) is 20.1. The average Bonchev–Trinajstić information content (AvgIpc) is 3.62. The Bertz CT molecular complexity index is 1590. The molecular formula is C27H24N8O2. The lowest BCUT2D eigenvalue weighted by molar-refractivity contribution is -0.127. The number of pyridine rings is 1. The smallest absolute Gasteiger partial charge is 0.298 e. The second-order valence-corrected chi connectivity index (χ2v) is 9.57. The predicted octanol–water partition coefficient (Wildman–Crippen LogP) is 2.83. The molecule has 2 aliphatic rings. The normalized spacial score (nSPS) is 20.2. The molecule has 1 aromatic carbocycles. The van der Waals surface area contributed by atoms with Crippen LogP contribution in [0.15, 0.2) is 48.9 Å². The number of aryl methyl sites for hydroxylation is 1. The lowest BCUT2D eigenvalue weighted by Gasteiger charge is -2.32. The number of rotatable bonds is 4. The molecule has 3 unspecified atom stereocenters. The van der Waals surface area contributed by atoms with Crippen LogP contribution in [0.3, 0.4) is 0 Å². The number of nitrogens with zero attached hydrogens (tertiary/aromatic N) is 6. The monoisotopic (exact) mass is 492 g/mol. The number of nitrogens with two attached hydrogens (primary N) is 1. The summed E-state index contributed by atoms with van der Waals surface area (Å²) >= 11 is 0. The highest BCUT2D eigenvalue weighted by atomic mass is 16.2. The Kier molecular flexibility index (Phi) is 5.34. The molecule has 37 heavy (non-hydrogen) atoms. The molecule has 0 radical (unpaired) electrons. The second-order valence-electron chi connectivity index (χ2n) is 9.57. The van der Waals surface area contributed by atoms with Crippen LogP contribution in [-0.4, -0.2) is 54.0 Å². The first-order valence-electron chi connectivity index (χ1n) is 12.0. The maximum absolute atomic E-state index is 12.7. The third-order valence-corrected chi connectivity index (χ3v) is 7.24. The summed E-state index contributed by atoms with van der Waals surface area (Å²) in [4.78, 5) is 39.7. The van der Waals surface area contributed by atoms with Crippen molar-refractivity contribution in [1.82, 2.24) is 29.6 Å². The molecule has 3 N–H and O–H groups in total. The van der Waals surface area contributed by atoms with Crippen molar-refractivity contribution in [3.05, 3.63) is 60.0 Å². The largest absolute Gasteiger partial charge is 0.383 e. The number of fused-ring (bicyclic) bond motifs is 3. The summed E-state index contributed by atoms with van der Waals surface area (Å²) in [6, 6.07) is 10.7. The molecule has 1 saturated carbocycles. The van der Waals surface area contributed by atoms with E-state index in [2.05, 4.69) is 26.2 Å². The summed E-state index contributed by atoms with van der Waals surface area (Å²) < 4.78 is 1.87. The van der Waals surface area contributed by atoms with Crippen LogP contribution in [0.2, 0.25) is 0 Å². The van der Waals surface area contributed by atoms with Gasteiger partial charge in [-0.1, -0.05) is 12.1 Å². The van der Waals surface area contributed by atoms with Crippen molar-refractivity contribution in [2.75, 3.05) is 17.6 Å². The quantitative estimate of drug-likeness (QED) is 0.419. The predicted molar refractivity (Wildman–Crippen MR) is 138 cm³/mol. The lowest BCUT2D eigenvalue weighted by atomic mass is 10.1. The number of nitrogens with one attached hydrogen (secondary N) is 1. The van der Waals surface area contributed by atoms with E-state index in [0.29, 0.717) is 46.4 Å². The van der Waals surface area contributed by atoms with E-state index < -0.39 is 0 Å². The lowest BCUT2D eigenvalue weighted by Crippen LogP contribution is -2.42. The van der Waals surface area contributed by atoms with Crippen LogP contribution in [0.1, 0.15) is 34.8 Å². The van der Waals surface area contributed by atoms with Crippen molar-refractivity contribution in [2.45, 2.75) is 31.8 Å². The van der Waals surface area contributed by atoms with Gasteiger partial charge in [0, 0.05) is 23.9 Å². The first-order chi connectivity index (χ1) is 17.9. The maximum Gasteiger partial charge on any atom is 0.298 e. The van der Waals surface area contributed by atoms with Crippen molar-refractivity contribution in [1.29, 1.82) is 0 Å². The fourth-order valence-corrected chi connectivity index (χ4v) is 5.57. The van der Waals surface area contributed by atoms with Crippen molar-refractivity contribution in [2.24, 2.45) is 5.92 Å². The molecule has 6 rings (SSSR count). The summed E-state index contributed by atoms with van der Waals surface area (Å²) in [6.45, 7) is 2.61. The molecule has 4 aromatic rings. The van der Waals surface area contributed by atoms with Gasteiger partial charge in [-0.05, 0) is 61.4 Å². The van der Waals surface area contributed by atoms with Gasteiger partial charge in [-0.25, -0.2) is 19.6 Å². The number of hydrogen-bond donors (Lipinski definition) is 2. The molecule has 0 spiro atoms. The minimum absolute atomic E-state index is 0.0398. The fraction of sp³-hybridized carbons (Fsp3) is 0.259. The van der Waals surface area contributed by atoms with Gasteiger partial charge >= 0.3 is 0 Å². The molecule has 3 atom stereocenters. The van der Waals surface area contributed by atoms with Gasteiger partial charge in [-0.2, -0.15) is 5.10 Å². The highest BCUT2D eigenvalue weighted by Crippen LogP contribution is 2.46. The van der Waals surface area contributed by atoms with Gasteiger partial charge in [0.2, 0.25) is 0 Å². The van der Waals surface area contributed by atoms with Crippen molar-refractivity contribution >= 4 is 34.5 Å². The Labute approximate surface area is 212 Å². The minimum Gasteiger partial charge on any atom is -0.383 e. The third kappa shape index (κ3) is 3.85. The standard InChI is InChI=1S/C27H24N8O2/c1-3-22(36)34-13-16-11-19(34)20(12-16)35-26-23(25(28)30-14-31-26)24(33-35)17-4-6-18(7-5-17)27(37)32-21-10-15(2)8-9-29-21/h1,4-10,14,16,19-20H,11-13H2,2H3,(H2,28,30,31)(H,29,32,37). The molecule has 2 fully saturated rings. The van der Waals surface area contributed by atoms with Gasteiger partial charge in [0.25, 0.3) is 11.8 Å². The van der Waals surface area contributed by atoms with Gasteiger partial charge < -0.3 is 16.0 Å². The van der Waals surface area contributed by atoms with Crippen molar-refractivity contribution in [3.8, 4) is 23.6 Å². The van der Waals surface area contributed by atoms with Crippen molar-refractivity contribution in [3.63, 3.8) is 0 Å². The number of nitrogen functional groups attached to an aromatic ring is 1. The summed E-state index contributed by atoms with van der Waals surface area (Å²) in [6.07, 6.45) is 10.2. The fourth-order valence-electron chi connectivity index (χ4n) is 5.57. The average molecular weight is 493 g/mol. The topological polar surface area (TPSA) is 132 Å². The molecule has 3 aromatic heterocycles. The number of anilines is 2. The van der Waals surface area contributed by atoms with Crippen LogP contribution < -0.4 is 11.1 Å². The zero-order chi connectivity index (χ0) is 25.7. The maximum atomic E-state index is 12.7. The molecule has 1 saturated heterocycles. The number of carbonyl (C=O) groups is 2. The number of terminal acetylenes is 1. The Morgan fingerprint density at radius 2 is 1.89 bits per heavy atom. The van der Waals surface area contributed by atoms with Crippen LogP contribution in [-0.2, 0) is 4.79 Å². The van der Waals surface area contributed by atoms with E-state index >= 15 is 0 Å². The van der Waals surface area contributed by atoms with Gasteiger partial charge in [-0.3, -0.25) is 9.59 Å². The molecule has 184 valence electrons. The van der Waals surface area contributed by atoms with E-state index in [1.54, 1.807) is 23.2 Å². The SMILES string of the molecule is C#CC(=O)N1CC2CC1C(n1nc(-c3ccc(C(=O)Nc4cc(C)ccn4)cc3)c3c(N)ncnc31)C2. The first kappa shape index (κ1) is 22.7. The third-order valence-electron chi connectivity index (χ3n) is 7.24. The Balaban J connectivity index is 1.34. The first-order valence-corrected chi connectivity index (χ1v) is 12.0. The molecule has 2 amide bonds. The number of aromatic nitrogens is 5. The summed E-state index contributed by atoms with van der Waals surface area (Å²) in [5, 5.41) is 8.38. The Morgan fingerprint density at radius 3 is 2.62 bits per heavy atom. The van der Waals surface area contributed by atoms with E-state index in [9.17, 15) is 9.59 Å². The van der Waals surface area contributed by atoms with E-state index in [0.717, 1.165) is 24.0 Å². The van der Waals surface area contributed by atoms with Crippen LogP contribution >= 0.6 is 0 Å². The number of piperidine rings is 1. The molecule has 2 bridgehead atoms. The summed E-state index contributed by atoms with van der Waals surface area (Å²) in [5.41, 5.74) is 9.78. The van der Waals surface area contributed by atoms with Crippen LogP contribution in [0.25, 0.3) is 22.3 Å². The second kappa shape index (κ2) is 8.71. The Morgan fingerprint density at radius 1 is 1.11 bits per heavy atom. The number of likely N-dealkylation sites (tertiary alicyclic amines) is 1. The van der Waals surface area contributed by atoms with E-state index in [4.69, 9.17) is 17.3 Å². The highest BCUT2D eigenvalue weighted by Gasteiger charge is 2.48. The van der Waals surface area contributed by atoms with Gasteiger partial charge in [0.1, 0.15) is 23.7 Å². The molecule has 4 heterocycles. The molecule has 10 nitrogen and oxygen atoms in total. The number of carbonyl (C=O) groups excluding carboxylic acids is 2. The van der Waals surface area contributed by atoms with E-state index in [1.807, 2.05) is 35.9 Å². The summed E-state index contributed by atoms with van der Waals surface area (Å²) in [5.74, 6) is 2.87. The number of hydrogen-bond acceptors (Lipinski definition) is 7. The van der Waals surface area contributed by atoms with Gasteiger partial charge in [0.15, 0.2) is 5.65 Å². The van der Waals surface area contributed by atoms with Gasteiger partial charge in [-0.15, -0.1) is 6.42 Å². The number of benzene rings is 1. The molecule has 1 aliphatic carbocycles. The van der Waals surface area contributed by atoms with Crippen LogP contribution in [0.4, 0.5) is 11.6 Å². The van der Waals surface area contributed by atoms with Crippen LogP contribution in [0, 0.1) is 25.2 Å². The number of amides is 2. The molecular weight excluding hydrogens is 468 g/mol. The molecule has 10 heteroatoms. The minimum atomic E-state index is -0.294. The van der Waals surface area contributed by atoms with Gasteiger partial charge in [0.05, 0.1) is 17.5 Å². The molecule has 1 aliphatic heterocycles.